The lowest BCUT2D eigenvalue weighted by atomic mass is 10.2. The van der Waals surface area contributed by atoms with Crippen LogP contribution in [0, 0.1) is 17.7 Å². The van der Waals surface area contributed by atoms with E-state index in [1.54, 1.807) is 19.2 Å². The van der Waals surface area contributed by atoms with Crippen LogP contribution in [0.1, 0.15) is 11.1 Å². The summed E-state index contributed by atoms with van der Waals surface area (Å²) >= 11 is 0. The van der Waals surface area contributed by atoms with Gasteiger partial charge < -0.3 is 15.4 Å². The molecule has 0 aliphatic heterocycles. The molecule has 0 saturated heterocycles. The Balaban J connectivity index is 1.71. The fourth-order valence-corrected chi connectivity index (χ4v) is 1.79. The second-order valence-corrected chi connectivity index (χ2v) is 4.69. The van der Waals surface area contributed by atoms with Gasteiger partial charge in [-0.15, -0.1) is 0 Å². The molecule has 2 rings (SSSR count). The van der Waals surface area contributed by atoms with Gasteiger partial charge >= 0.3 is 6.03 Å². The molecule has 2 N–H and O–H groups in total. The van der Waals surface area contributed by atoms with Crippen molar-refractivity contribution in [3.63, 3.8) is 0 Å². The summed E-state index contributed by atoms with van der Waals surface area (Å²) in [5.74, 6) is 6.12. The SMILES string of the molecule is COc1ccc(CNC(=O)NCC#Cc2ccc(F)cc2)cc1. The highest BCUT2D eigenvalue weighted by Gasteiger charge is 1.99. The van der Waals surface area contributed by atoms with Gasteiger partial charge in [-0.2, -0.15) is 0 Å². The van der Waals surface area contributed by atoms with Crippen LogP contribution in [-0.4, -0.2) is 19.7 Å². The molecule has 0 aliphatic rings. The molecule has 2 aromatic rings. The van der Waals surface area contributed by atoms with Gasteiger partial charge in [-0.1, -0.05) is 24.0 Å². The molecule has 0 bridgehead atoms. The molecule has 4 nitrogen and oxygen atoms in total. The molecule has 0 fully saturated rings. The van der Waals surface area contributed by atoms with E-state index in [1.807, 2.05) is 24.3 Å². The molecule has 118 valence electrons. The van der Waals surface area contributed by atoms with Gasteiger partial charge in [0.15, 0.2) is 0 Å². The molecule has 0 aromatic heterocycles. The van der Waals surface area contributed by atoms with Crippen molar-refractivity contribution in [3.05, 3.63) is 65.5 Å². The van der Waals surface area contributed by atoms with Crippen molar-refractivity contribution >= 4 is 6.03 Å². The van der Waals surface area contributed by atoms with E-state index in [2.05, 4.69) is 22.5 Å². The number of carbonyl (C=O) groups excluding carboxylic acids is 1. The standard InChI is InChI=1S/C18H17FN2O2/c1-23-17-10-6-15(7-11-17)13-21-18(22)20-12-2-3-14-4-8-16(19)9-5-14/h4-11H,12-13H2,1H3,(H2,20,21,22). The van der Waals surface area contributed by atoms with E-state index in [9.17, 15) is 9.18 Å². The van der Waals surface area contributed by atoms with E-state index in [1.165, 1.54) is 12.1 Å². The van der Waals surface area contributed by atoms with Crippen LogP contribution in [0.4, 0.5) is 9.18 Å². The van der Waals surface area contributed by atoms with Crippen molar-refractivity contribution in [1.82, 2.24) is 10.6 Å². The Morgan fingerprint density at radius 1 is 1.09 bits per heavy atom. The van der Waals surface area contributed by atoms with Gasteiger partial charge in [-0.25, -0.2) is 9.18 Å². The second kappa shape index (κ2) is 8.44. The zero-order valence-corrected chi connectivity index (χ0v) is 12.7. The highest BCUT2D eigenvalue weighted by atomic mass is 19.1. The number of ether oxygens (including phenoxy) is 1. The number of benzene rings is 2. The largest absolute Gasteiger partial charge is 0.497 e. The van der Waals surface area contributed by atoms with Crippen LogP contribution in [0.2, 0.25) is 0 Å². The normalized spacial score (nSPS) is 9.48. The van der Waals surface area contributed by atoms with Crippen LogP contribution in [0.3, 0.4) is 0 Å². The van der Waals surface area contributed by atoms with Gasteiger partial charge in [0.05, 0.1) is 13.7 Å². The van der Waals surface area contributed by atoms with Crippen molar-refractivity contribution < 1.29 is 13.9 Å². The molecule has 0 radical (unpaired) electrons. The van der Waals surface area contributed by atoms with Crippen LogP contribution < -0.4 is 15.4 Å². The van der Waals surface area contributed by atoms with E-state index in [0.717, 1.165) is 11.3 Å². The van der Waals surface area contributed by atoms with E-state index in [4.69, 9.17) is 4.74 Å². The first-order valence-electron chi connectivity index (χ1n) is 7.06. The Morgan fingerprint density at radius 2 is 1.78 bits per heavy atom. The van der Waals surface area contributed by atoms with Crippen molar-refractivity contribution in [3.8, 4) is 17.6 Å². The Hall–Kier alpha value is -3.00. The molecule has 0 aliphatic carbocycles. The summed E-state index contributed by atoms with van der Waals surface area (Å²) in [4.78, 5) is 11.6. The lowest BCUT2D eigenvalue weighted by Crippen LogP contribution is -2.35. The summed E-state index contributed by atoms with van der Waals surface area (Å²) in [6.07, 6.45) is 0. The summed E-state index contributed by atoms with van der Waals surface area (Å²) in [6.45, 7) is 0.632. The Bertz CT molecular complexity index is 701. The van der Waals surface area contributed by atoms with E-state index >= 15 is 0 Å². The minimum atomic E-state index is -0.299. The molecule has 2 aromatic carbocycles. The van der Waals surface area contributed by atoms with Crippen LogP contribution >= 0.6 is 0 Å². The number of hydrogen-bond acceptors (Lipinski definition) is 2. The van der Waals surface area contributed by atoms with Gasteiger partial charge in [-0.3, -0.25) is 0 Å². The van der Waals surface area contributed by atoms with Crippen molar-refractivity contribution in [2.75, 3.05) is 13.7 Å². The van der Waals surface area contributed by atoms with Gasteiger partial charge in [0.1, 0.15) is 11.6 Å². The fraction of sp³-hybridized carbons (Fsp3) is 0.167. The number of urea groups is 1. The van der Waals surface area contributed by atoms with E-state index in [0.29, 0.717) is 12.1 Å². The number of nitrogens with one attached hydrogen (secondary N) is 2. The fourth-order valence-electron chi connectivity index (χ4n) is 1.79. The minimum absolute atomic E-state index is 0.214. The van der Waals surface area contributed by atoms with Crippen molar-refractivity contribution in [2.24, 2.45) is 0 Å². The molecule has 23 heavy (non-hydrogen) atoms. The Labute approximate surface area is 134 Å². The highest BCUT2D eigenvalue weighted by Crippen LogP contribution is 2.10. The quantitative estimate of drug-likeness (QED) is 0.853. The van der Waals surface area contributed by atoms with Gasteiger partial charge in [0.2, 0.25) is 0 Å². The summed E-state index contributed by atoms with van der Waals surface area (Å²) in [5, 5.41) is 5.37. The molecule has 0 spiro atoms. The van der Waals surface area contributed by atoms with Crippen molar-refractivity contribution in [2.45, 2.75) is 6.54 Å². The molecular formula is C18H17FN2O2. The third kappa shape index (κ3) is 5.71. The average molecular weight is 312 g/mol. The first kappa shape index (κ1) is 16.4. The summed E-state index contributed by atoms with van der Waals surface area (Å²) in [6, 6.07) is 13.0. The molecular weight excluding hydrogens is 295 g/mol. The third-order valence-electron chi connectivity index (χ3n) is 3.03. The molecule has 0 unspecified atom stereocenters. The maximum absolute atomic E-state index is 12.7. The van der Waals surface area contributed by atoms with Gasteiger partial charge in [0, 0.05) is 12.1 Å². The minimum Gasteiger partial charge on any atom is -0.497 e. The van der Waals surface area contributed by atoms with Crippen LogP contribution in [0.5, 0.6) is 5.75 Å². The maximum atomic E-state index is 12.7. The smallest absolute Gasteiger partial charge is 0.315 e. The molecule has 0 heterocycles. The van der Waals surface area contributed by atoms with Crippen molar-refractivity contribution in [1.29, 1.82) is 0 Å². The number of halogens is 1. The van der Waals surface area contributed by atoms with E-state index < -0.39 is 0 Å². The molecule has 0 atom stereocenters. The number of carbonyl (C=O) groups is 1. The maximum Gasteiger partial charge on any atom is 0.315 e. The number of hydrogen-bond donors (Lipinski definition) is 2. The monoisotopic (exact) mass is 312 g/mol. The summed E-state index contributed by atoms with van der Waals surface area (Å²) in [7, 11) is 1.60. The topological polar surface area (TPSA) is 50.4 Å². The summed E-state index contributed by atoms with van der Waals surface area (Å²) in [5.41, 5.74) is 1.67. The number of rotatable bonds is 4. The van der Waals surface area contributed by atoms with Crippen LogP contribution in [0.15, 0.2) is 48.5 Å². The lowest BCUT2D eigenvalue weighted by Gasteiger charge is -2.06. The zero-order chi connectivity index (χ0) is 16.5. The van der Waals surface area contributed by atoms with Crippen LogP contribution in [-0.2, 0) is 6.54 Å². The molecule has 0 saturated carbocycles. The van der Waals surface area contributed by atoms with Gasteiger partial charge in [-0.05, 0) is 42.0 Å². The Kier molecular flexibility index (Phi) is 6.01. The first-order valence-corrected chi connectivity index (χ1v) is 7.06. The van der Waals surface area contributed by atoms with E-state index in [-0.39, 0.29) is 18.4 Å². The second-order valence-electron chi connectivity index (χ2n) is 4.69. The highest BCUT2D eigenvalue weighted by molar-refractivity contribution is 5.74. The zero-order valence-electron chi connectivity index (χ0n) is 12.7. The third-order valence-corrected chi connectivity index (χ3v) is 3.03. The number of amides is 2. The van der Waals surface area contributed by atoms with Gasteiger partial charge in [0.25, 0.3) is 0 Å². The van der Waals surface area contributed by atoms with Crippen LogP contribution in [0.25, 0.3) is 0 Å². The number of methoxy groups -OCH3 is 1. The summed E-state index contributed by atoms with van der Waals surface area (Å²) < 4.78 is 17.8. The Morgan fingerprint density at radius 3 is 2.43 bits per heavy atom. The predicted molar refractivity (Wildman–Crippen MR) is 86.5 cm³/mol. The molecule has 2 amide bonds. The lowest BCUT2D eigenvalue weighted by molar-refractivity contribution is 0.241. The molecule has 5 heteroatoms. The predicted octanol–water partition coefficient (Wildman–Crippen LogP) is 2.69. The average Bonchev–Trinajstić information content (AvgIpc) is 2.59. The first-order chi connectivity index (χ1) is 11.2.